The maximum Gasteiger partial charge on any atom is 0.430 e. The van der Waals surface area contributed by atoms with E-state index in [4.69, 9.17) is 15.0 Å². The van der Waals surface area contributed by atoms with Crippen molar-refractivity contribution in [2.75, 3.05) is 17.4 Å². The molecule has 16 heteroatoms. The van der Waals surface area contributed by atoms with Gasteiger partial charge in [0.05, 0.1) is 17.9 Å². The van der Waals surface area contributed by atoms with Crippen LogP contribution in [0.5, 0.6) is 0 Å². The lowest BCUT2D eigenvalue weighted by molar-refractivity contribution is -0.384. The molecule has 15 nitrogen and oxygen atoms in total. The normalized spacial score (nSPS) is 25.0. The average Bonchev–Trinajstić information content (AvgIpc) is 3.29. The van der Waals surface area contributed by atoms with E-state index < -0.39 is 43.8 Å². The van der Waals surface area contributed by atoms with Crippen molar-refractivity contribution in [2.24, 2.45) is 0 Å². The molecule has 2 aromatic heterocycles. The summed E-state index contributed by atoms with van der Waals surface area (Å²) >= 11 is 0. The zero-order valence-corrected chi connectivity index (χ0v) is 17.0. The Morgan fingerprint density at radius 2 is 1.97 bits per heavy atom. The molecule has 1 fully saturated rings. The number of nitro groups is 1. The van der Waals surface area contributed by atoms with E-state index >= 15 is 0 Å². The van der Waals surface area contributed by atoms with Crippen LogP contribution < -0.4 is 10.8 Å². The Hall–Kier alpha value is -3.20. The maximum atomic E-state index is 12.3. The molecule has 3 aromatic rings. The number of non-ortho nitro benzene ring substituents is 1. The molecule has 1 aliphatic rings. The summed E-state index contributed by atoms with van der Waals surface area (Å²) in [5.74, 6) is 0.125. The van der Waals surface area contributed by atoms with Gasteiger partial charge in [0.15, 0.2) is 17.7 Å². The topological polar surface area (TPSA) is 221 Å². The van der Waals surface area contributed by atoms with Crippen LogP contribution >= 0.6 is 7.75 Å². The van der Waals surface area contributed by atoms with Crippen LogP contribution in [0.1, 0.15) is 6.23 Å². The number of ether oxygens (including phenoxy) is 1. The first-order chi connectivity index (χ1) is 15.2. The minimum Gasteiger partial charge on any atom is -0.387 e. The molecule has 4 rings (SSSR count). The van der Waals surface area contributed by atoms with Gasteiger partial charge < -0.3 is 25.6 Å². The van der Waals surface area contributed by atoms with E-state index in [0.29, 0.717) is 0 Å². The molecule has 1 saturated heterocycles. The van der Waals surface area contributed by atoms with Gasteiger partial charge in [0.25, 0.3) is 5.69 Å². The Balaban J connectivity index is 1.42. The SMILES string of the molecule is Nc1ncnc2c1ncn2[C@@H]1O[C@H](COP(=O)(O)Nc2ccc([N+](=O)[O-])cc2)[C@@H](O)[C@H]1O. The number of aliphatic hydroxyl groups excluding tert-OH is 2. The van der Waals surface area contributed by atoms with E-state index in [9.17, 15) is 29.8 Å². The van der Waals surface area contributed by atoms with Crippen molar-refractivity contribution >= 4 is 36.1 Å². The Kier molecular flexibility index (Phi) is 5.77. The van der Waals surface area contributed by atoms with Gasteiger partial charge in [0.1, 0.15) is 30.2 Å². The number of benzene rings is 1. The molecular formula is C16H18N7O8P. The second kappa shape index (κ2) is 8.38. The molecule has 0 saturated carbocycles. The van der Waals surface area contributed by atoms with E-state index in [-0.39, 0.29) is 28.4 Å². The molecule has 32 heavy (non-hydrogen) atoms. The van der Waals surface area contributed by atoms with Gasteiger partial charge in [-0.3, -0.25) is 24.3 Å². The Bertz CT molecular complexity index is 1190. The van der Waals surface area contributed by atoms with Gasteiger partial charge in [-0.1, -0.05) is 0 Å². The summed E-state index contributed by atoms with van der Waals surface area (Å²) in [6.07, 6.45) is -2.62. The second-order valence-electron chi connectivity index (χ2n) is 6.86. The number of fused-ring (bicyclic) bond motifs is 1. The first kappa shape index (κ1) is 22.0. The summed E-state index contributed by atoms with van der Waals surface area (Å²) in [6.45, 7) is -0.549. The monoisotopic (exact) mass is 467 g/mol. The van der Waals surface area contributed by atoms with Crippen molar-refractivity contribution in [3.05, 3.63) is 47.0 Å². The van der Waals surface area contributed by atoms with E-state index in [1.165, 1.54) is 29.4 Å². The number of nitrogens with one attached hydrogen (secondary N) is 1. The van der Waals surface area contributed by atoms with Gasteiger partial charge in [-0.15, -0.1) is 0 Å². The summed E-state index contributed by atoms with van der Waals surface area (Å²) in [5.41, 5.74) is 6.21. The fourth-order valence-corrected chi connectivity index (χ4v) is 4.07. The Morgan fingerprint density at radius 3 is 2.66 bits per heavy atom. The molecule has 0 radical (unpaired) electrons. The van der Waals surface area contributed by atoms with Crippen LogP contribution in [0.3, 0.4) is 0 Å². The highest BCUT2D eigenvalue weighted by atomic mass is 31.2. The van der Waals surface area contributed by atoms with Gasteiger partial charge in [-0.2, -0.15) is 0 Å². The number of anilines is 2. The van der Waals surface area contributed by atoms with Gasteiger partial charge in [0.2, 0.25) is 0 Å². The minimum absolute atomic E-state index is 0.106. The minimum atomic E-state index is -4.43. The van der Waals surface area contributed by atoms with Gasteiger partial charge >= 0.3 is 7.75 Å². The number of nitrogens with zero attached hydrogens (tertiary/aromatic N) is 5. The molecule has 170 valence electrons. The number of imidazole rings is 1. The number of nitrogens with two attached hydrogens (primary N) is 1. The van der Waals surface area contributed by atoms with E-state index in [0.717, 1.165) is 12.1 Å². The smallest absolute Gasteiger partial charge is 0.387 e. The number of aromatic nitrogens is 4. The average molecular weight is 467 g/mol. The molecule has 5 atom stereocenters. The molecule has 0 aliphatic carbocycles. The zero-order chi connectivity index (χ0) is 23.0. The number of nitrogen functional groups attached to an aromatic ring is 1. The van der Waals surface area contributed by atoms with E-state index in [2.05, 4.69) is 20.0 Å². The fraction of sp³-hybridized carbons (Fsp3) is 0.312. The predicted octanol–water partition coefficient (Wildman–Crippen LogP) is 0.165. The highest BCUT2D eigenvalue weighted by Gasteiger charge is 2.45. The highest BCUT2D eigenvalue weighted by Crippen LogP contribution is 2.43. The molecule has 1 aliphatic heterocycles. The Labute approximate surface area is 179 Å². The summed E-state index contributed by atoms with van der Waals surface area (Å²) in [7, 11) is -4.43. The summed E-state index contributed by atoms with van der Waals surface area (Å²) in [6, 6.07) is 4.78. The molecular weight excluding hydrogens is 449 g/mol. The van der Waals surface area contributed by atoms with Crippen molar-refractivity contribution in [3.63, 3.8) is 0 Å². The van der Waals surface area contributed by atoms with Crippen LogP contribution in [0.25, 0.3) is 11.2 Å². The molecule has 0 bridgehead atoms. The largest absolute Gasteiger partial charge is 0.430 e. The van der Waals surface area contributed by atoms with Gasteiger partial charge in [-0.05, 0) is 12.1 Å². The first-order valence-electron chi connectivity index (χ1n) is 9.11. The van der Waals surface area contributed by atoms with Crippen molar-refractivity contribution in [2.45, 2.75) is 24.5 Å². The maximum absolute atomic E-state index is 12.3. The second-order valence-corrected chi connectivity index (χ2v) is 8.38. The Morgan fingerprint density at radius 1 is 1.25 bits per heavy atom. The molecule has 6 N–H and O–H groups in total. The summed E-state index contributed by atoms with van der Waals surface area (Å²) < 4.78 is 24.3. The quantitative estimate of drug-likeness (QED) is 0.178. The standard InChI is InChI=1S/C16H18N7O8P/c17-14-11-15(19-6-18-14)22(7-20-11)16-13(25)12(24)10(31-16)5-30-32(28,29)21-8-1-3-9(4-2-8)23(26)27/h1-4,6-7,10,12-13,16,24-25H,5H2,(H2,17,18,19)(H2,21,28,29)/t10-,12-,13-,16-/m1/s1. The van der Waals surface area contributed by atoms with Crippen LogP contribution in [0, 0.1) is 10.1 Å². The third-order valence-electron chi connectivity index (χ3n) is 4.76. The number of hydrogen-bond donors (Lipinski definition) is 5. The van der Waals surface area contributed by atoms with Crippen LogP contribution in [0.4, 0.5) is 17.2 Å². The zero-order valence-electron chi connectivity index (χ0n) is 16.1. The molecule has 0 spiro atoms. The fourth-order valence-electron chi connectivity index (χ4n) is 3.18. The third kappa shape index (κ3) is 4.25. The number of aliphatic hydroxyl groups is 2. The van der Waals surface area contributed by atoms with Crippen molar-refractivity contribution < 1.29 is 33.9 Å². The molecule has 1 unspecified atom stereocenters. The lowest BCUT2D eigenvalue weighted by Crippen LogP contribution is -2.33. The predicted molar refractivity (Wildman–Crippen MR) is 108 cm³/mol. The van der Waals surface area contributed by atoms with E-state index in [1.54, 1.807) is 0 Å². The molecule has 1 aromatic carbocycles. The lowest BCUT2D eigenvalue weighted by atomic mass is 10.1. The van der Waals surface area contributed by atoms with Crippen LogP contribution in [0.15, 0.2) is 36.9 Å². The van der Waals surface area contributed by atoms with Crippen LogP contribution in [0.2, 0.25) is 0 Å². The van der Waals surface area contributed by atoms with Crippen LogP contribution in [-0.4, -0.2) is 64.5 Å². The highest BCUT2D eigenvalue weighted by molar-refractivity contribution is 7.54. The first-order valence-corrected chi connectivity index (χ1v) is 10.7. The van der Waals surface area contributed by atoms with Crippen LogP contribution in [-0.2, 0) is 13.8 Å². The molecule has 3 heterocycles. The molecule has 0 amide bonds. The summed E-state index contributed by atoms with van der Waals surface area (Å²) in [4.78, 5) is 32.0. The van der Waals surface area contributed by atoms with Crippen molar-refractivity contribution in [1.82, 2.24) is 19.5 Å². The lowest BCUT2D eigenvalue weighted by Gasteiger charge is -2.18. The number of hydrogen-bond acceptors (Lipinski definition) is 11. The van der Waals surface area contributed by atoms with Crippen molar-refractivity contribution in [1.29, 1.82) is 0 Å². The third-order valence-corrected chi connectivity index (χ3v) is 5.80. The van der Waals surface area contributed by atoms with Gasteiger partial charge in [-0.25, -0.2) is 19.5 Å². The van der Waals surface area contributed by atoms with Gasteiger partial charge in [0, 0.05) is 17.8 Å². The van der Waals surface area contributed by atoms with Crippen molar-refractivity contribution in [3.8, 4) is 0 Å². The number of nitro benzene ring substituents is 1. The summed E-state index contributed by atoms with van der Waals surface area (Å²) in [5, 5.41) is 33.6. The number of rotatable bonds is 7. The van der Waals surface area contributed by atoms with E-state index in [1.807, 2.05) is 0 Å².